The molecule has 0 fully saturated rings. The molecular formula is C25H32N4O4. The van der Waals surface area contributed by atoms with E-state index in [1.165, 1.54) is 9.25 Å². The molecule has 1 atom stereocenters. The molecule has 0 aliphatic rings. The van der Waals surface area contributed by atoms with Gasteiger partial charge in [-0.25, -0.2) is 14.5 Å². The van der Waals surface area contributed by atoms with Crippen molar-refractivity contribution in [3.63, 3.8) is 0 Å². The van der Waals surface area contributed by atoms with Gasteiger partial charge < -0.3 is 9.84 Å². The van der Waals surface area contributed by atoms with Gasteiger partial charge >= 0.3 is 11.7 Å². The van der Waals surface area contributed by atoms with Crippen molar-refractivity contribution < 1.29 is 14.6 Å². The molecule has 1 heterocycles. The lowest BCUT2D eigenvalue weighted by Gasteiger charge is -2.05. The Labute approximate surface area is 193 Å². The van der Waals surface area contributed by atoms with Crippen LogP contribution in [0.25, 0.3) is 0 Å². The van der Waals surface area contributed by atoms with Gasteiger partial charge in [0.15, 0.2) is 0 Å². The third-order valence-electron chi connectivity index (χ3n) is 5.38. The van der Waals surface area contributed by atoms with Crippen molar-refractivity contribution >= 4 is 11.7 Å². The average Bonchev–Trinajstić information content (AvgIpc) is 3.08. The lowest BCUT2D eigenvalue weighted by molar-refractivity contribution is -0.141. The Morgan fingerprint density at radius 1 is 1.12 bits per heavy atom. The molecule has 1 aromatic heterocycles. The number of benzene rings is 2. The van der Waals surface area contributed by atoms with Gasteiger partial charge in [-0.1, -0.05) is 56.5 Å². The molecule has 0 saturated heterocycles. The number of aryl methyl sites for hydroxylation is 1. The van der Waals surface area contributed by atoms with Crippen molar-refractivity contribution in [1.29, 1.82) is 0 Å². The second-order valence-corrected chi connectivity index (χ2v) is 8.30. The molecule has 0 radical (unpaired) electrons. The lowest BCUT2D eigenvalue weighted by atomic mass is 10.1. The first-order chi connectivity index (χ1) is 15.9. The molecule has 8 nitrogen and oxygen atoms in total. The molecule has 0 unspecified atom stereocenters. The molecule has 176 valence electrons. The number of hydrogen-bond acceptors (Lipinski definition) is 4. The Bertz CT molecular complexity index is 1170. The van der Waals surface area contributed by atoms with Gasteiger partial charge in [0.25, 0.3) is 0 Å². The standard InChI is InChI=1S/C25H32N4O4/c1-4-5-6-15-33-22-13-11-21(12-14-22)26-24-27-29(16-19(3)23(30)31)25(32)28(24)17-20-9-7-18(2)8-10-20/h7-14,19H,4-6,15-17H2,1-3H3,(H,26,27)(H,30,31)/t19-/m0/s1. The summed E-state index contributed by atoms with van der Waals surface area (Å²) in [5.74, 6) is -0.903. The number of nitrogens with zero attached hydrogens (tertiary/aromatic N) is 3. The molecule has 3 aromatic rings. The van der Waals surface area contributed by atoms with Crippen LogP contribution in [0, 0.1) is 12.8 Å². The maximum absolute atomic E-state index is 13.1. The van der Waals surface area contributed by atoms with E-state index >= 15 is 0 Å². The molecule has 33 heavy (non-hydrogen) atoms. The smallest absolute Gasteiger partial charge is 0.345 e. The number of rotatable bonds is 11. The van der Waals surface area contributed by atoms with Crippen LogP contribution in [-0.4, -0.2) is 32.0 Å². The van der Waals surface area contributed by atoms with Crippen LogP contribution in [0.2, 0.25) is 0 Å². The van der Waals surface area contributed by atoms with Crippen LogP contribution in [0.4, 0.5) is 5.69 Å². The van der Waals surface area contributed by atoms with Gasteiger partial charge in [-0.3, -0.25) is 14.5 Å². The topological polar surface area (TPSA) is 102 Å². The largest absolute Gasteiger partial charge is 0.494 e. The van der Waals surface area contributed by atoms with E-state index in [0.717, 1.165) is 36.1 Å². The van der Waals surface area contributed by atoms with Gasteiger partial charge in [0, 0.05) is 0 Å². The lowest BCUT2D eigenvalue weighted by Crippen LogP contribution is -2.31. The van der Waals surface area contributed by atoms with Crippen molar-refractivity contribution in [3.8, 4) is 5.75 Å². The number of aromatic amines is 1. The summed E-state index contributed by atoms with van der Waals surface area (Å²) in [6.07, 6.45) is 3.30. The number of ether oxygens (including phenoxy) is 1. The molecule has 0 saturated carbocycles. The zero-order valence-electron chi connectivity index (χ0n) is 19.5. The zero-order valence-corrected chi connectivity index (χ0v) is 19.5. The van der Waals surface area contributed by atoms with E-state index in [1.54, 1.807) is 6.92 Å². The quantitative estimate of drug-likeness (QED) is 0.431. The van der Waals surface area contributed by atoms with Crippen LogP contribution in [-0.2, 0) is 17.9 Å². The van der Waals surface area contributed by atoms with Gasteiger partial charge in [0.1, 0.15) is 5.75 Å². The predicted octanol–water partition coefficient (Wildman–Crippen LogP) is 3.86. The van der Waals surface area contributed by atoms with Crippen LogP contribution in [0.15, 0.2) is 58.3 Å². The van der Waals surface area contributed by atoms with Crippen molar-refractivity contribution in [3.05, 3.63) is 75.8 Å². The number of hydrogen-bond donors (Lipinski definition) is 2. The summed E-state index contributed by atoms with van der Waals surface area (Å²) in [5, 5.41) is 12.2. The van der Waals surface area contributed by atoms with Crippen molar-refractivity contribution in [2.75, 3.05) is 6.61 Å². The third-order valence-corrected chi connectivity index (χ3v) is 5.38. The Morgan fingerprint density at radius 2 is 1.82 bits per heavy atom. The van der Waals surface area contributed by atoms with Crippen LogP contribution >= 0.6 is 0 Å². The van der Waals surface area contributed by atoms with E-state index < -0.39 is 11.9 Å². The Morgan fingerprint density at radius 3 is 2.45 bits per heavy atom. The number of carbonyl (C=O) groups is 1. The first-order valence-corrected chi connectivity index (χ1v) is 11.3. The Kier molecular flexibility index (Phi) is 8.29. The Balaban J connectivity index is 1.91. The first kappa shape index (κ1) is 24.1. The third kappa shape index (κ3) is 6.71. The second kappa shape index (κ2) is 11.4. The summed E-state index contributed by atoms with van der Waals surface area (Å²) < 4.78 is 8.58. The molecule has 0 aliphatic carbocycles. The number of aliphatic carboxylic acids is 1. The SMILES string of the molecule is CCCCCOc1ccc(/N=c2\[nH]n(C[C@H](C)C(=O)O)c(=O)n2Cc2ccc(C)cc2)cc1. The molecule has 0 spiro atoms. The maximum atomic E-state index is 13.1. The number of H-pyrrole nitrogens is 1. The van der Waals surface area contributed by atoms with Crippen LogP contribution < -0.4 is 16.0 Å². The fraction of sp³-hybridized carbons (Fsp3) is 0.400. The first-order valence-electron chi connectivity index (χ1n) is 11.3. The van der Waals surface area contributed by atoms with E-state index in [4.69, 9.17) is 4.74 Å². The maximum Gasteiger partial charge on any atom is 0.345 e. The van der Waals surface area contributed by atoms with Gasteiger partial charge in [-0.2, -0.15) is 0 Å². The average molecular weight is 453 g/mol. The number of carboxylic acid groups (broad SMARTS) is 1. The second-order valence-electron chi connectivity index (χ2n) is 8.30. The number of unbranched alkanes of at least 4 members (excludes halogenated alkanes) is 2. The zero-order chi connectivity index (χ0) is 23.8. The molecule has 2 aromatic carbocycles. The number of carboxylic acids is 1. The number of aromatic nitrogens is 3. The molecule has 3 rings (SSSR count). The normalized spacial score (nSPS) is 12.6. The summed E-state index contributed by atoms with van der Waals surface area (Å²) >= 11 is 0. The van der Waals surface area contributed by atoms with Gasteiger partial charge in [-0.05, 0) is 43.2 Å². The molecular weight excluding hydrogens is 420 g/mol. The van der Waals surface area contributed by atoms with Crippen molar-refractivity contribution in [1.82, 2.24) is 14.3 Å². The number of nitrogens with one attached hydrogen (secondary N) is 1. The fourth-order valence-corrected chi connectivity index (χ4v) is 3.33. The van der Waals surface area contributed by atoms with E-state index in [0.29, 0.717) is 24.5 Å². The summed E-state index contributed by atoms with van der Waals surface area (Å²) in [6, 6.07) is 15.3. The minimum Gasteiger partial charge on any atom is -0.494 e. The highest BCUT2D eigenvalue weighted by atomic mass is 16.5. The summed E-state index contributed by atoms with van der Waals surface area (Å²) in [7, 11) is 0. The molecule has 0 amide bonds. The van der Waals surface area contributed by atoms with Crippen molar-refractivity contribution in [2.24, 2.45) is 10.9 Å². The van der Waals surface area contributed by atoms with Crippen LogP contribution in [0.3, 0.4) is 0 Å². The highest BCUT2D eigenvalue weighted by Crippen LogP contribution is 2.18. The van der Waals surface area contributed by atoms with Crippen molar-refractivity contribution in [2.45, 2.75) is 53.1 Å². The Hall–Kier alpha value is -3.55. The van der Waals surface area contributed by atoms with E-state index in [2.05, 4.69) is 17.0 Å². The molecule has 8 heteroatoms. The van der Waals surface area contributed by atoms with Crippen LogP contribution in [0.1, 0.15) is 44.2 Å². The summed E-state index contributed by atoms with van der Waals surface area (Å²) in [5.41, 5.74) is 2.76. The van der Waals surface area contributed by atoms with Gasteiger partial charge in [-0.15, -0.1) is 0 Å². The minimum absolute atomic E-state index is 0.0299. The summed E-state index contributed by atoms with van der Waals surface area (Å²) in [4.78, 5) is 29.0. The molecule has 2 N–H and O–H groups in total. The van der Waals surface area contributed by atoms with E-state index in [9.17, 15) is 14.7 Å². The fourth-order valence-electron chi connectivity index (χ4n) is 3.33. The van der Waals surface area contributed by atoms with Gasteiger partial charge in [0.05, 0.1) is 31.3 Å². The highest BCUT2D eigenvalue weighted by molar-refractivity contribution is 5.69. The highest BCUT2D eigenvalue weighted by Gasteiger charge is 2.16. The predicted molar refractivity (Wildman–Crippen MR) is 127 cm³/mol. The van der Waals surface area contributed by atoms with E-state index in [-0.39, 0.29) is 12.2 Å². The van der Waals surface area contributed by atoms with Gasteiger partial charge in [0.2, 0.25) is 5.62 Å². The minimum atomic E-state index is -0.963. The monoisotopic (exact) mass is 452 g/mol. The van der Waals surface area contributed by atoms with E-state index in [1.807, 2.05) is 55.5 Å². The summed E-state index contributed by atoms with van der Waals surface area (Å²) in [6.45, 7) is 6.76. The molecule has 0 bridgehead atoms. The molecule has 0 aliphatic heterocycles. The van der Waals surface area contributed by atoms with Crippen LogP contribution in [0.5, 0.6) is 5.75 Å².